The molecule has 0 unspecified atom stereocenters. The molecule has 21 heavy (non-hydrogen) atoms. The van der Waals surface area contributed by atoms with Crippen molar-refractivity contribution in [2.45, 2.75) is 40.3 Å². The summed E-state index contributed by atoms with van der Waals surface area (Å²) < 4.78 is 3.76. The first-order valence-corrected chi connectivity index (χ1v) is 7.81. The first-order valence-electron chi connectivity index (χ1n) is 7.43. The number of nitrogens with zero attached hydrogens (tertiary/aromatic N) is 4. The molecule has 2 aromatic rings. The lowest BCUT2D eigenvalue weighted by molar-refractivity contribution is 0.552. The topological polar surface area (TPSA) is 47.7 Å². The summed E-state index contributed by atoms with van der Waals surface area (Å²) in [5.74, 6) is 0.653. The van der Waals surface area contributed by atoms with E-state index in [0.29, 0.717) is 12.5 Å². The van der Waals surface area contributed by atoms with E-state index in [9.17, 15) is 0 Å². The van der Waals surface area contributed by atoms with Crippen molar-refractivity contribution in [3.8, 4) is 0 Å². The van der Waals surface area contributed by atoms with Crippen LogP contribution in [-0.2, 0) is 26.6 Å². The van der Waals surface area contributed by atoms with Gasteiger partial charge in [0.1, 0.15) is 0 Å². The fraction of sp³-hybridized carbons (Fsp3) is 0.600. The lowest BCUT2D eigenvalue weighted by atomic mass is 10.2. The molecule has 0 aliphatic rings. The minimum Gasteiger partial charge on any atom is -0.312 e. The molecule has 0 saturated carbocycles. The van der Waals surface area contributed by atoms with E-state index < -0.39 is 0 Å². The van der Waals surface area contributed by atoms with Crippen LogP contribution in [0.5, 0.6) is 0 Å². The van der Waals surface area contributed by atoms with Crippen LogP contribution in [0, 0.1) is 5.92 Å². The Hall–Kier alpha value is -1.33. The second kappa shape index (κ2) is 7.09. The van der Waals surface area contributed by atoms with Crippen LogP contribution in [0.3, 0.4) is 0 Å². The highest BCUT2D eigenvalue weighted by Gasteiger charge is 2.13. The van der Waals surface area contributed by atoms with E-state index in [4.69, 9.17) is 11.6 Å². The zero-order chi connectivity index (χ0) is 15.4. The van der Waals surface area contributed by atoms with Gasteiger partial charge >= 0.3 is 0 Å². The average Bonchev–Trinajstić information content (AvgIpc) is 2.98. The Morgan fingerprint density at radius 1 is 1.38 bits per heavy atom. The van der Waals surface area contributed by atoms with Gasteiger partial charge in [0.15, 0.2) is 0 Å². The Balaban J connectivity index is 2.01. The number of aryl methyl sites for hydroxylation is 2. The molecule has 1 N–H and O–H groups in total. The summed E-state index contributed by atoms with van der Waals surface area (Å²) in [6.45, 7) is 8.96. The third kappa shape index (κ3) is 4.08. The van der Waals surface area contributed by atoms with Crippen molar-refractivity contribution < 1.29 is 0 Å². The summed E-state index contributed by atoms with van der Waals surface area (Å²) in [4.78, 5) is 0. The van der Waals surface area contributed by atoms with Crippen LogP contribution in [0.1, 0.15) is 37.7 Å². The third-order valence-corrected chi connectivity index (χ3v) is 3.82. The molecule has 6 heteroatoms. The third-order valence-electron chi connectivity index (χ3n) is 3.38. The quantitative estimate of drug-likeness (QED) is 0.855. The van der Waals surface area contributed by atoms with E-state index in [-0.39, 0.29) is 0 Å². The summed E-state index contributed by atoms with van der Waals surface area (Å²) in [6, 6.07) is 0. The Bertz CT molecular complexity index is 585. The highest BCUT2D eigenvalue weighted by atomic mass is 35.5. The molecule has 0 spiro atoms. The monoisotopic (exact) mass is 309 g/mol. The van der Waals surface area contributed by atoms with Crippen LogP contribution in [0.15, 0.2) is 12.4 Å². The molecule has 0 aliphatic heterocycles. The lowest BCUT2D eigenvalue weighted by Gasteiger charge is -2.05. The van der Waals surface area contributed by atoms with Gasteiger partial charge in [-0.25, -0.2) is 0 Å². The Morgan fingerprint density at radius 3 is 2.76 bits per heavy atom. The molecule has 0 fully saturated rings. The zero-order valence-electron chi connectivity index (χ0n) is 13.2. The van der Waals surface area contributed by atoms with Gasteiger partial charge in [0.05, 0.1) is 29.2 Å². The number of nitrogens with one attached hydrogen (secondary N) is 1. The van der Waals surface area contributed by atoms with Crippen molar-refractivity contribution in [2.75, 3.05) is 6.54 Å². The van der Waals surface area contributed by atoms with E-state index in [1.165, 1.54) is 5.56 Å². The Kier molecular flexibility index (Phi) is 5.42. The van der Waals surface area contributed by atoms with Gasteiger partial charge in [-0.2, -0.15) is 10.2 Å². The molecule has 2 rings (SSSR count). The minimum atomic E-state index is 0.645. The molecule has 0 aliphatic carbocycles. The molecular weight excluding hydrogens is 286 g/mol. The first kappa shape index (κ1) is 16.0. The molecule has 2 aromatic heterocycles. The van der Waals surface area contributed by atoms with Gasteiger partial charge < -0.3 is 5.32 Å². The lowest BCUT2D eigenvalue weighted by Crippen LogP contribution is -2.18. The van der Waals surface area contributed by atoms with Gasteiger partial charge in [-0.3, -0.25) is 9.36 Å². The van der Waals surface area contributed by atoms with E-state index in [1.54, 1.807) is 0 Å². The summed E-state index contributed by atoms with van der Waals surface area (Å²) in [5, 5.41) is 13.0. The van der Waals surface area contributed by atoms with E-state index in [0.717, 1.165) is 35.9 Å². The number of halogens is 1. The van der Waals surface area contributed by atoms with Gasteiger partial charge in [-0.15, -0.1) is 0 Å². The maximum atomic E-state index is 6.37. The van der Waals surface area contributed by atoms with Crippen molar-refractivity contribution in [3.05, 3.63) is 34.4 Å². The minimum absolute atomic E-state index is 0.645. The molecule has 0 saturated heterocycles. The van der Waals surface area contributed by atoms with E-state index in [2.05, 4.69) is 42.5 Å². The van der Waals surface area contributed by atoms with Crippen molar-refractivity contribution in [1.82, 2.24) is 24.9 Å². The molecule has 2 heterocycles. The standard InChI is InChI=1S/C15H24ClN5/c1-5-13-15(16)14(20(4)19-13)10-21-9-12(8-18-21)7-17-6-11(2)3/h8-9,11,17H,5-7,10H2,1-4H3. The average molecular weight is 310 g/mol. The number of aromatic nitrogens is 4. The number of hydrogen-bond donors (Lipinski definition) is 1. The molecule has 116 valence electrons. The number of rotatable bonds is 7. The highest BCUT2D eigenvalue weighted by molar-refractivity contribution is 6.31. The van der Waals surface area contributed by atoms with E-state index >= 15 is 0 Å². The molecular formula is C15H24ClN5. The normalized spacial score (nSPS) is 11.5. The SMILES string of the molecule is CCc1nn(C)c(Cn2cc(CNCC(C)C)cn2)c1Cl. The fourth-order valence-corrected chi connectivity index (χ4v) is 2.59. The second-order valence-electron chi connectivity index (χ2n) is 5.76. The van der Waals surface area contributed by atoms with Gasteiger partial charge in [0.25, 0.3) is 0 Å². The predicted molar refractivity (Wildman–Crippen MR) is 85.5 cm³/mol. The van der Waals surface area contributed by atoms with Crippen molar-refractivity contribution in [2.24, 2.45) is 13.0 Å². The molecule has 0 atom stereocenters. The van der Waals surface area contributed by atoms with Crippen LogP contribution in [0.4, 0.5) is 0 Å². The zero-order valence-corrected chi connectivity index (χ0v) is 14.0. The van der Waals surface area contributed by atoms with Crippen LogP contribution >= 0.6 is 11.6 Å². The fourth-order valence-electron chi connectivity index (χ4n) is 2.23. The summed E-state index contributed by atoms with van der Waals surface area (Å²) >= 11 is 6.37. The Labute approximate surface area is 131 Å². The van der Waals surface area contributed by atoms with Crippen LogP contribution in [0.2, 0.25) is 5.02 Å². The number of hydrogen-bond acceptors (Lipinski definition) is 3. The molecule has 0 radical (unpaired) electrons. The first-order chi connectivity index (χ1) is 10.0. The summed E-state index contributed by atoms with van der Waals surface area (Å²) in [5.41, 5.74) is 3.13. The summed E-state index contributed by atoms with van der Waals surface area (Å²) in [7, 11) is 1.93. The van der Waals surface area contributed by atoms with E-state index in [1.807, 2.05) is 22.6 Å². The molecule has 0 aromatic carbocycles. The van der Waals surface area contributed by atoms with Gasteiger partial charge in [0.2, 0.25) is 0 Å². The predicted octanol–water partition coefficient (Wildman–Crippen LogP) is 2.63. The largest absolute Gasteiger partial charge is 0.312 e. The second-order valence-corrected chi connectivity index (χ2v) is 6.13. The highest BCUT2D eigenvalue weighted by Crippen LogP contribution is 2.21. The smallest absolute Gasteiger partial charge is 0.0869 e. The Morgan fingerprint density at radius 2 is 2.14 bits per heavy atom. The molecule has 0 bridgehead atoms. The summed E-state index contributed by atoms with van der Waals surface area (Å²) in [6.07, 6.45) is 4.80. The van der Waals surface area contributed by atoms with Gasteiger partial charge in [0, 0.05) is 25.4 Å². The van der Waals surface area contributed by atoms with Crippen molar-refractivity contribution in [3.63, 3.8) is 0 Å². The van der Waals surface area contributed by atoms with Crippen LogP contribution < -0.4 is 5.32 Å². The van der Waals surface area contributed by atoms with Crippen molar-refractivity contribution in [1.29, 1.82) is 0 Å². The molecule has 0 amide bonds. The maximum absolute atomic E-state index is 6.37. The van der Waals surface area contributed by atoms with Gasteiger partial charge in [-0.05, 0) is 18.9 Å². The van der Waals surface area contributed by atoms with Gasteiger partial charge in [-0.1, -0.05) is 32.4 Å². The van der Waals surface area contributed by atoms with Crippen molar-refractivity contribution >= 4 is 11.6 Å². The molecule has 5 nitrogen and oxygen atoms in total. The van der Waals surface area contributed by atoms with Crippen LogP contribution in [-0.4, -0.2) is 26.1 Å². The van der Waals surface area contributed by atoms with Crippen LogP contribution in [0.25, 0.3) is 0 Å². The maximum Gasteiger partial charge on any atom is 0.0869 e.